The first-order valence-corrected chi connectivity index (χ1v) is 7.31. The number of aryl methyl sites for hydroxylation is 1. The molecule has 1 heterocycles. The fraction of sp³-hybridized carbons (Fsp3) is 0.294. The first-order chi connectivity index (χ1) is 11.1. The van der Waals surface area contributed by atoms with Crippen LogP contribution in [0.5, 0.6) is 11.5 Å². The van der Waals surface area contributed by atoms with Crippen LogP contribution in [0.25, 0.3) is 10.4 Å². The molecular formula is C17H17N3O3. The molecule has 2 aromatic carbocycles. The van der Waals surface area contributed by atoms with Crippen LogP contribution in [-0.2, 0) is 0 Å². The van der Waals surface area contributed by atoms with Crippen molar-refractivity contribution in [3.05, 3.63) is 70.1 Å². The van der Waals surface area contributed by atoms with Crippen molar-refractivity contribution in [3.63, 3.8) is 0 Å². The summed E-state index contributed by atoms with van der Waals surface area (Å²) in [7, 11) is 0. The molecule has 1 aliphatic heterocycles. The molecule has 6 heteroatoms. The summed E-state index contributed by atoms with van der Waals surface area (Å²) >= 11 is 0. The zero-order valence-electron chi connectivity index (χ0n) is 12.7. The van der Waals surface area contributed by atoms with Crippen LogP contribution in [0, 0.1) is 6.92 Å². The van der Waals surface area contributed by atoms with Gasteiger partial charge >= 0.3 is 0 Å². The Morgan fingerprint density at radius 2 is 2.04 bits per heavy atom. The van der Waals surface area contributed by atoms with E-state index in [-0.39, 0.29) is 13.2 Å². The average molecular weight is 311 g/mol. The van der Waals surface area contributed by atoms with Gasteiger partial charge in [-0.15, -0.1) is 0 Å². The number of benzene rings is 2. The SMILES string of the molecule is Cc1ccccc1O[C@H]1c2ccccc2OC[C@@]1(O)CN=[N+]=[N-]. The molecule has 0 radical (unpaired) electrons. The lowest BCUT2D eigenvalue weighted by Crippen LogP contribution is -2.50. The van der Waals surface area contributed by atoms with E-state index < -0.39 is 11.7 Å². The molecule has 0 bridgehead atoms. The summed E-state index contributed by atoms with van der Waals surface area (Å²) in [5.74, 6) is 1.34. The van der Waals surface area contributed by atoms with E-state index in [1.165, 1.54) is 0 Å². The smallest absolute Gasteiger partial charge is 0.159 e. The number of hydrogen-bond acceptors (Lipinski definition) is 4. The first kappa shape index (κ1) is 15.2. The number of hydrogen-bond donors (Lipinski definition) is 1. The molecule has 0 saturated carbocycles. The van der Waals surface area contributed by atoms with Gasteiger partial charge in [-0.05, 0) is 30.2 Å². The van der Waals surface area contributed by atoms with Crippen molar-refractivity contribution >= 4 is 0 Å². The fourth-order valence-electron chi connectivity index (χ4n) is 2.67. The average Bonchev–Trinajstić information content (AvgIpc) is 2.57. The highest BCUT2D eigenvalue weighted by Crippen LogP contribution is 2.41. The van der Waals surface area contributed by atoms with Gasteiger partial charge in [0, 0.05) is 10.5 Å². The van der Waals surface area contributed by atoms with Gasteiger partial charge in [0.15, 0.2) is 6.10 Å². The van der Waals surface area contributed by atoms with E-state index in [9.17, 15) is 5.11 Å². The predicted octanol–water partition coefficient (Wildman–Crippen LogP) is 3.55. The van der Waals surface area contributed by atoms with E-state index in [1.807, 2.05) is 55.5 Å². The van der Waals surface area contributed by atoms with Crippen LogP contribution < -0.4 is 9.47 Å². The summed E-state index contributed by atoms with van der Waals surface area (Å²) in [6.07, 6.45) is -0.681. The van der Waals surface area contributed by atoms with Crippen molar-refractivity contribution in [3.8, 4) is 11.5 Å². The minimum atomic E-state index is -1.43. The maximum absolute atomic E-state index is 10.9. The summed E-state index contributed by atoms with van der Waals surface area (Å²) in [5.41, 5.74) is 8.86. The van der Waals surface area contributed by atoms with Crippen molar-refractivity contribution in [1.82, 2.24) is 0 Å². The highest BCUT2D eigenvalue weighted by Gasteiger charge is 2.45. The highest BCUT2D eigenvalue weighted by molar-refractivity contribution is 5.41. The van der Waals surface area contributed by atoms with E-state index >= 15 is 0 Å². The summed E-state index contributed by atoms with van der Waals surface area (Å²) in [4.78, 5) is 2.74. The standard InChI is InChI=1S/C17H17N3O3/c1-12-6-2-4-8-14(12)23-16-13-7-3-5-9-15(13)22-11-17(16,21)10-19-20-18/h2-9,16,21H,10-11H2,1H3/t16-,17-/m0/s1. The van der Waals surface area contributed by atoms with Crippen molar-refractivity contribution in [2.45, 2.75) is 18.6 Å². The topological polar surface area (TPSA) is 87.5 Å². The maximum atomic E-state index is 10.9. The van der Waals surface area contributed by atoms with E-state index in [4.69, 9.17) is 15.0 Å². The third kappa shape index (κ3) is 2.95. The lowest BCUT2D eigenvalue weighted by atomic mass is 9.88. The second kappa shape index (κ2) is 6.20. The Kier molecular flexibility index (Phi) is 4.10. The zero-order chi connectivity index (χ0) is 16.3. The third-order valence-electron chi connectivity index (χ3n) is 3.91. The molecule has 2 atom stereocenters. The Bertz CT molecular complexity index is 758. The molecular weight excluding hydrogens is 294 g/mol. The molecule has 1 N–H and O–H groups in total. The number of rotatable bonds is 4. The molecule has 0 spiro atoms. The lowest BCUT2D eigenvalue weighted by molar-refractivity contribution is -0.0968. The number of ether oxygens (including phenoxy) is 2. The van der Waals surface area contributed by atoms with Gasteiger partial charge in [0.1, 0.15) is 23.7 Å². The Hall–Kier alpha value is -2.69. The molecule has 2 aromatic rings. The van der Waals surface area contributed by atoms with Gasteiger partial charge in [0.2, 0.25) is 0 Å². The quantitative estimate of drug-likeness (QED) is 0.532. The summed E-state index contributed by atoms with van der Waals surface area (Å²) in [6.45, 7) is 1.81. The Morgan fingerprint density at radius 1 is 1.30 bits per heavy atom. The molecule has 0 amide bonds. The Labute approximate surface area is 133 Å². The molecule has 3 rings (SSSR count). The minimum absolute atomic E-state index is 0.000415. The van der Waals surface area contributed by atoms with Crippen LogP contribution in [-0.4, -0.2) is 23.9 Å². The Balaban J connectivity index is 2.02. The van der Waals surface area contributed by atoms with Crippen LogP contribution in [0.2, 0.25) is 0 Å². The summed E-state index contributed by atoms with van der Waals surface area (Å²) in [5, 5.41) is 14.5. The maximum Gasteiger partial charge on any atom is 0.159 e. The third-order valence-corrected chi connectivity index (χ3v) is 3.91. The van der Waals surface area contributed by atoms with Crippen LogP contribution >= 0.6 is 0 Å². The first-order valence-electron chi connectivity index (χ1n) is 7.31. The zero-order valence-corrected chi connectivity index (χ0v) is 12.7. The van der Waals surface area contributed by atoms with Crippen molar-refractivity contribution in [1.29, 1.82) is 0 Å². The van der Waals surface area contributed by atoms with Gasteiger partial charge in [0.25, 0.3) is 0 Å². The minimum Gasteiger partial charge on any atom is -0.490 e. The van der Waals surface area contributed by atoms with Gasteiger partial charge in [-0.3, -0.25) is 0 Å². The van der Waals surface area contributed by atoms with E-state index in [0.717, 1.165) is 11.1 Å². The van der Waals surface area contributed by atoms with Crippen molar-refractivity contribution in [2.75, 3.05) is 13.2 Å². The monoisotopic (exact) mass is 311 g/mol. The number of aliphatic hydroxyl groups is 1. The molecule has 1 aliphatic rings. The van der Waals surface area contributed by atoms with E-state index in [0.29, 0.717) is 11.5 Å². The van der Waals surface area contributed by atoms with Gasteiger partial charge in [-0.25, -0.2) is 0 Å². The molecule has 0 unspecified atom stereocenters. The second-order valence-electron chi connectivity index (χ2n) is 5.58. The number of nitrogens with zero attached hydrogens (tertiary/aromatic N) is 3. The number of azide groups is 1. The largest absolute Gasteiger partial charge is 0.490 e. The summed E-state index contributed by atoms with van der Waals surface area (Å²) in [6, 6.07) is 15.0. The van der Waals surface area contributed by atoms with E-state index in [1.54, 1.807) is 0 Å². The molecule has 0 fully saturated rings. The molecule has 0 aliphatic carbocycles. The summed E-state index contributed by atoms with van der Waals surface area (Å²) < 4.78 is 11.7. The van der Waals surface area contributed by atoms with Crippen LogP contribution in [0.3, 0.4) is 0 Å². The molecule has 0 saturated heterocycles. The molecule has 0 aromatic heterocycles. The number of fused-ring (bicyclic) bond motifs is 1. The predicted molar refractivity (Wildman–Crippen MR) is 85.4 cm³/mol. The fourth-order valence-corrected chi connectivity index (χ4v) is 2.67. The number of para-hydroxylation sites is 2. The second-order valence-corrected chi connectivity index (χ2v) is 5.58. The van der Waals surface area contributed by atoms with Crippen LogP contribution in [0.15, 0.2) is 53.6 Å². The van der Waals surface area contributed by atoms with Crippen LogP contribution in [0.4, 0.5) is 0 Å². The van der Waals surface area contributed by atoms with Gasteiger partial charge in [-0.1, -0.05) is 41.5 Å². The van der Waals surface area contributed by atoms with Gasteiger partial charge in [0.05, 0.1) is 6.54 Å². The lowest BCUT2D eigenvalue weighted by Gasteiger charge is -2.39. The van der Waals surface area contributed by atoms with Crippen molar-refractivity contribution < 1.29 is 14.6 Å². The normalized spacial score (nSPS) is 22.4. The molecule has 6 nitrogen and oxygen atoms in total. The molecule has 23 heavy (non-hydrogen) atoms. The Morgan fingerprint density at radius 3 is 2.83 bits per heavy atom. The van der Waals surface area contributed by atoms with Gasteiger partial charge in [-0.2, -0.15) is 0 Å². The van der Waals surface area contributed by atoms with Crippen molar-refractivity contribution in [2.24, 2.45) is 5.11 Å². The van der Waals surface area contributed by atoms with Gasteiger partial charge < -0.3 is 14.6 Å². The van der Waals surface area contributed by atoms with Crippen LogP contribution in [0.1, 0.15) is 17.2 Å². The molecule has 118 valence electrons. The van der Waals surface area contributed by atoms with E-state index in [2.05, 4.69) is 10.0 Å². The highest BCUT2D eigenvalue weighted by atomic mass is 16.5.